The Balaban J connectivity index is 1.85. The van der Waals surface area contributed by atoms with E-state index in [0.717, 1.165) is 35.5 Å². The predicted octanol–water partition coefficient (Wildman–Crippen LogP) is 3.45. The first-order chi connectivity index (χ1) is 9.65. The zero-order chi connectivity index (χ0) is 14.1. The number of pyridine rings is 1. The lowest BCUT2D eigenvalue weighted by Gasteiger charge is -2.25. The van der Waals surface area contributed by atoms with Crippen LogP contribution in [0, 0.1) is 5.92 Å². The van der Waals surface area contributed by atoms with Gasteiger partial charge in [-0.2, -0.15) is 5.10 Å². The molecule has 0 saturated carbocycles. The van der Waals surface area contributed by atoms with Gasteiger partial charge < -0.3 is 5.32 Å². The number of aromatic nitrogens is 3. The Kier molecular flexibility index (Phi) is 3.78. The molecule has 3 heterocycles. The molecule has 20 heavy (non-hydrogen) atoms. The molecule has 0 bridgehead atoms. The lowest BCUT2D eigenvalue weighted by Crippen LogP contribution is -2.26. The zero-order valence-corrected chi connectivity index (χ0v) is 13.4. The van der Waals surface area contributed by atoms with E-state index in [-0.39, 0.29) is 0 Å². The topological polar surface area (TPSA) is 42.7 Å². The van der Waals surface area contributed by atoms with Gasteiger partial charge in [0.1, 0.15) is 5.82 Å². The first kappa shape index (κ1) is 13.6. The van der Waals surface area contributed by atoms with E-state index < -0.39 is 0 Å². The molecule has 5 heteroatoms. The third-order valence-electron chi connectivity index (χ3n) is 3.65. The molecule has 2 aromatic heterocycles. The molecule has 0 amide bonds. The molecule has 1 aliphatic heterocycles. The highest BCUT2D eigenvalue weighted by atomic mass is 79.9. The summed E-state index contributed by atoms with van der Waals surface area (Å²) in [5, 5.41) is 8.26. The summed E-state index contributed by atoms with van der Waals surface area (Å²) in [5.41, 5.74) is 2.47. The minimum absolute atomic E-state index is 0.448. The highest BCUT2D eigenvalue weighted by Gasteiger charge is 2.24. The lowest BCUT2D eigenvalue weighted by atomic mass is 9.99. The second-order valence-electron chi connectivity index (χ2n) is 5.75. The van der Waals surface area contributed by atoms with E-state index in [1.165, 1.54) is 5.56 Å². The highest BCUT2D eigenvalue weighted by Crippen LogP contribution is 2.33. The number of anilines is 1. The van der Waals surface area contributed by atoms with Gasteiger partial charge in [-0.1, -0.05) is 13.8 Å². The van der Waals surface area contributed by atoms with E-state index in [1.54, 1.807) is 0 Å². The predicted molar refractivity (Wildman–Crippen MR) is 83.9 cm³/mol. The summed E-state index contributed by atoms with van der Waals surface area (Å²) in [5.74, 6) is 2.18. The SMILES string of the molecule is CC(C)Cc1nn2c(c1Br)NCC(c1ccncc1)C2. The first-order valence-electron chi connectivity index (χ1n) is 7.04. The number of fused-ring (bicyclic) bond motifs is 1. The van der Waals surface area contributed by atoms with E-state index in [0.29, 0.717) is 11.8 Å². The van der Waals surface area contributed by atoms with Crippen LogP contribution in [0.3, 0.4) is 0 Å². The third-order valence-corrected chi connectivity index (χ3v) is 4.48. The molecule has 0 spiro atoms. The third kappa shape index (κ3) is 2.59. The number of halogens is 1. The van der Waals surface area contributed by atoms with Gasteiger partial charge in [0.25, 0.3) is 0 Å². The number of hydrogen-bond donors (Lipinski definition) is 1. The van der Waals surface area contributed by atoms with Gasteiger partial charge in [0.2, 0.25) is 0 Å². The molecule has 1 atom stereocenters. The molecule has 1 aliphatic rings. The molecule has 0 aliphatic carbocycles. The van der Waals surface area contributed by atoms with E-state index in [1.807, 2.05) is 12.4 Å². The Morgan fingerprint density at radius 1 is 1.40 bits per heavy atom. The fourth-order valence-electron chi connectivity index (χ4n) is 2.66. The van der Waals surface area contributed by atoms with Crippen LogP contribution in [0.1, 0.15) is 31.0 Å². The van der Waals surface area contributed by atoms with Crippen LogP contribution in [-0.2, 0) is 13.0 Å². The van der Waals surface area contributed by atoms with Crippen LogP contribution in [0.15, 0.2) is 29.0 Å². The summed E-state index contributed by atoms with van der Waals surface area (Å²) in [6.07, 6.45) is 4.71. The van der Waals surface area contributed by atoms with Gasteiger partial charge >= 0.3 is 0 Å². The van der Waals surface area contributed by atoms with Crippen LogP contribution in [0.2, 0.25) is 0 Å². The highest BCUT2D eigenvalue weighted by molar-refractivity contribution is 9.10. The van der Waals surface area contributed by atoms with E-state index in [9.17, 15) is 0 Å². The Morgan fingerprint density at radius 3 is 2.85 bits per heavy atom. The summed E-state index contributed by atoms with van der Waals surface area (Å²) in [6.45, 7) is 6.30. The summed E-state index contributed by atoms with van der Waals surface area (Å²) >= 11 is 3.69. The average Bonchev–Trinajstić information content (AvgIpc) is 2.75. The lowest BCUT2D eigenvalue weighted by molar-refractivity contribution is 0.497. The van der Waals surface area contributed by atoms with Crippen molar-refractivity contribution in [3.8, 4) is 0 Å². The Hall–Kier alpha value is -1.36. The van der Waals surface area contributed by atoms with Crippen molar-refractivity contribution in [2.75, 3.05) is 11.9 Å². The minimum Gasteiger partial charge on any atom is -0.369 e. The minimum atomic E-state index is 0.448. The van der Waals surface area contributed by atoms with Crippen molar-refractivity contribution in [2.45, 2.75) is 32.7 Å². The summed E-state index contributed by atoms with van der Waals surface area (Å²) < 4.78 is 3.22. The van der Waals surface area contributed by atoms with E-state index in [4.69, 9.17) is 5.10 Å². The van der Waals surface area contributed by atoms with E-state index >= 15 is 0 Å². The zero-order valence-electron chi connectivity index (χ0n) is 11.8. The standard InChI is InChI=1S/C15H19BrN4/c1-10(2)7-13-14(16)15-18-8-12(9-20(15)19-13)11-3-5-17-6-4-11/h3-6,10,12,18H,7-9H2,1-2H3. The maximum Gasteiger partial charge on any atom is 0.139 e. The van der Waals surface area contributed by atoms with E-state index in [2.05, 4.69) is 56.9 Å². The molecule has 0 aromatic carbocycles. The van der Waals surface area contributed by atoms with Gasteiger partial charge in [0, 0.05) is 24.9 Å². The molecule has 1 N–H and O–H groups in total. The Labute approximate surface area is 127 Å². The van der Waals surface area contributed by atoms with Gasteiger partial charge in [-0.05, 0) is 46.0 Å². The van der Waals surface area contributed by atoms with Crippen molar-refractivity contribution in [3.05, 3.63) is 40.3 Å². The van der Waals surface area contributed by atoms with Gasteiger partial charge in [-0.3, -0.25) is 4.98 Å². The molecule has 3 rings (SSSR count). The molecule has 0 radical (unpaired) electrons. The summed E-state index contributed by atoms with van der Waals surface area (Å²) in [7, 11) is 0. The van der Waals surface area contributed by atoms with Gasteiger partial charge in [0.15, 0.2) is 0 Å². The Bertz CT molecular complexity index is 591. The molecular weight excluding hydrogens is 316 g/mol. The van der Waals surface area contributed by atoms with Crippen LogP contribution in [-0.4, -0.2) is 21.3 Å². The van der Waals surface area contributed by atoms with Crippen LogP contribution in [0.5, 0.6) is 0 Å². The van der Waals surface area contributed by atoms with Crippen LogP contribution in [0.4, 0.5) is 5.82 Å². The van der Waals surface area contributed by atoms with Crippen molar-refractivity contribution in [1.82, 2.24) is 14.8 Å². The number of nitrogens with zero attached hydrogens (tertiary/aromatic N) is 3. The van der Waals surface area contributed by atoms with Crippen molar-refractivity contribution in [2.24, 2.45) is 5.92 Å². The van der Waals surface area contributed by atoms with Crippen LogP contribution >= 0.6 is 15.9 Å². The first-order valence-corrected chi connectivity index (χ1v) is 7.83. The molecule has 0 fully saturated rings. The molecule has 106 valence electrons. The van der Waals surface area contributed by atoms with Crippen molar-refractivity contribution < 1.29 is 0 Å². The second-order valence-corrected chi connectivity index (χ2v) is 6.54. The van der Waals surface area contributed by atoms with Gasteiger partial charge in [-0.25, -0.2) is 4.68 Å². The maximum absolute atomic E-state index is 4.76. The van der Waals surface area contributed by atoms with Gasteiger partial charge in [0.05, 0.1) is 16.7 Å². The second kappa shape index (κ2) is 5.56. The van der Waals surface area contributed by atoms with Crippen LogP contribution < -0.4 is 5.32 Å². The molecular formula is C15H19BrN4. The van der Waals surface area contributed by atoms with Gasteiger partial charge in [-0.15, -0.1) is 0 Å². The maximum atomic E-state index is 4.76. The fourth-order valence-corrected chi connectivity index (χ4v) is 3.25. The fraction of sp³-hybridized carbons (Fsp3) is 0.467. The van der Waals surface area contributed by atoms with Crippen LogP contribution in [0.25, 0.3) is 0 Å². The quantitative estimate of drug-likeness (QED) is 0.934. The van der Waals surface area contributed by atoms with Crippen molar-refractivity contribution >= 4 is 21.7 Å². The Morgan fingerprint density at radius 2 is 2.15 bits per heavy atom. The summed E-state index contributed by atoms with van der Waals surface area (Å²) in [4.78, 5) is 4.09. The molecule has 1 unspecified atom stereocenters. The van der Waals surface area contributed by atoms with Crippen molar-refractivity contribution in [3.63, 3.8) is 0 Å². The normalized spacial score (nSPS) is 17.9. The van der Waals surface area contributed by atoms with Crippen molar-refractivity contribution in [1.29, 1.82) is 0 Å². The molecule has 4 nitrogen and oxygen atoms in total. The number of rotatable bonds is 3. The number of hydrogen-bond acceptors (Lipinski definition) is 3. The average molecular weight is 335 g/mol. The smallest absolute Gasteiger partial charge is 0.139 e. The largest absolute Gasteiger partial charge is 0.369 e. The molecule has 2 aromatic rings. The number of nitrogens with one attached hydrogen (secondary N) is 1. The monoisotopic (exact) mass is 334 g/mol. The molecule has 0 saturated heterocycles. The summed E-state index contributed by atoms with van der Waals surface area (Å²) in [6, 6.07) is 4.18.